The van der Waals surface area contributed by atoms with E-state index in [2.05, 4.69) is 55.6 Å². The van der Waals surface area contributed by atoms with Crippen molar-refractivity contribution < 1.29 is 4.42 Å². The third-order valence-electron chi connectivity index (χ3n) is 4.54. The lowest BCUT2D eigenvalue weighted by molar-refractivity contribution is 0.226. The van der Waals surface area contributed by atoms with Gasteiger partial charge in [0.2, 0.25) is 0 Å². The molecule has 3 atom stereocenters. The van der Waals surface area contributed by atoms with Gasteiger partial charge in [0.05, 0.1) is 12.3 Å². The molecular weight excluding hydrogens is 258 g/mol. The summed E-state index contributed by atoms with van der Waals surface area (Å²) in [7, 11) is 0. The summed E-state index contributed by atoms with van der Waals surface area (Å²) < 4.78 is 5.68. The Labute approximate surface area is 127 Å². The number of rotatable bonds is 4. The molecular formula is C19H25NO. The van der Waals surface area contributed by atoms with Crippen molar-refractivity contribution in [2.45, 2.75) is 45.2 Å². The molecule has 3 rings (SSSR count). The lowest BCUT2D eigenvalue weighted by Gasteiger charge is -2.34. The summed E-state index contributed by atoms with van der Waals surface area (Å²) in [6.45, 7) is 4.74. The number of furan rings is 1. The minimum absolute atomic E-state index is 0.156. The number of hydrogen-bond acceptors (Lipinski definition) is 2. The van der Waals surface area contributed by atoms with Crippen LogP contribution in [0.15, 0.2) is 53.1 Å². The molecule has 1 aliphatic carbocycles. The molecule has 2 aromatic rings. The quantitative estimate of drug-likeness (QED) is 0.873. The molecule has 2 nitrogen and oxygen atoms in total. The van der Waals surface area contributed by atoms with Crippen molar-refractivity contribution in [3.63, 3.8) is 0 Å². The van der Waals surface area contributed by atoms with E-state index in [1.807, 2.05) is 6.07 Å². The number of hydrogen-bond donors (Lipinski definition) is 1. The van der Waals surface area contributed by atoms with Crippen molar-refractivity contribution in [1.29, 1.82) is 0 Å². The first kappa shape index (κ1) is 14.4. The monoisotopic (exact) mass is 283 g/mol. The van der Waals surface area contributed by atoms with Crippen molar-refractivity contribution in [3.05, 3.63) is 60.1 Å². The molecule has 1 aliphatic rings. The topological polar surface area (TPSA) is 25.2 Å². The van der Waals surface area contributed by atoms with Gasteiger partial charge >= 0.3 is 0 Å². The number of benzene rings is 1. The van der Waals surface area contributed by atoms with Crippen LogP contribution in [0.1, 0.15) is 50.5 Å². The Morgan fingerprint density at radius 1 is 0.952 bits per heavy atom. The van der Waals surface area contributed by atoms with Crippen LogP contribution in [0.2, 0.25) is 0 Å². The van der Waals surface area contributed by atoms with Gasteiger partial charge in [0.25, 0.3) is 0 Å². The predicted octanol–water partition coefficient (Wildman–Crippen LogP) is 4.78. The van der Waals surface area contributed by atoms with Crippen LogP contribution in [-0.4, -0.2) is 6.04 Å². The third kappa shape index (κ3) is 3.56. The van der Waals surface area contributed by atoms with E-state index >= 15 is 0 Å². The molecule has 1 aromatic heterocycles. The maximum Gasteiger partial charge on any atom is 0.125 e. The van der Waals surface area contributed by atoms with Crippen LogP contribution in [0.5, 0.6) is 0 Å². The SMILES string of the molecule is CC1CC(C)CC(NC(c2ccccc2)c2ccco2)C1. The second-order valence-electron chi connectivity index (χ2n) is 6.64. The van der Waals surface area contributed by atoms with E-state index in [0.717, 1.165) is 17.6 Å². The molecule has 1 heterocycles. The van der Waals surface area contributed by atoms with Crippen molar-refractivity contribution in [2.75, 3.05) is 0 Å². The summed E-state index contributed by atoms with van der Waals surface area (Å²) in [6.07, 6.45) is 5.64. The van der Waals surface area contributed by atoms with Crippen molar-refractivity contribution in [2.24, 2.45) is 11.8 Å². The van der Waals surface area contributed by atoms with Crippen LogP contribution in [0, 0.1) is 11.8 Å². The molecule has 1 saturated carbocycles. The fourth-order valence-electron chi connectivity index (χ4n) is 3.76. The lowest BCUT2D eigenvalue weighted by Crippen LogP contribution is -2.38. The van der Waals surface area contributed by atoms with Crippen LogP contribution in [0.3, 0.4) is 0 Å². The van der Waals surface area contributed by atoms with Gasteiger partial charge in [-0.1, -0.05) is 44.2 Å². The van der Waals surface area contributed by atoms with Crippen molar-refractivity contribution in [3.8, 4) is 0 Å². The van der Waals surface area contributed by atoms with E-state index in [1.165, 1.54) is 24.8 Å². The fraction of sp³-hybridized carbons (Fsp3) is 0.474. The van der Waals surface area contributed by atoms with Crippen LogP contribution >= 0.6 is 0 Å². The molecule has 0 aliphatic heterocycles. The average molecular weight is 283 g/mol. The Morgan fingerprint density at radius 3 is 2.29 bits per heavy atom. The highest BCUT2D eigenvalue weighted by Crippen LogP contribution is 2.31. The van der Waals surface area contributed by atoms with Crippen LogP contribution in [-0.2, 0) is 0 Å². The van der Waals surface area contributed by atoms with Crippen LogP contribution in [0.25, 0.3) is 0 Å². The molecule has 0 spiro atoms. The first-order valence-electron chi connectivity index (χ1n) is 8.06. The van der Waals surface area contributed by atoms with Gasteiger partial charge in [-0.2, -0.15) is 0 Å². The van der Waals surface area contributed by atoms with Crippen molar-refractivity contribution in [1.82, 2.24) is 5.32 Å². The summed E-state index contributed by atoms with van der Waals surface area (Å²) in [5, 5.41) is 3.84. The van der Waals surface area contributed by atoms with Gasteiger partial charge in [0.15, 0.2) is 0 Å². The molecule has 3 unspecified atom stereocenters. The van der Waals surface area contributed by atoms with Gasteiger partial charge in [-0.25, -0.2) is 0 Å². The van der Waals surface area contributed by atoms with E-state index in [4.69, 9.17) is 4.42 Å². The Bertz CT molecular complexity index is 524. The summed E-state index contributed by atoms with van der Waals surface area (Å²) in [5.41, 5.74) is 1.28. The molecule has 1 aromatic carbocycles. The Hall–Kier alpha value is -1.54. The third-order valence-corrected chi connectivity index (χ3v) is 4.54. The Kier molecular flexibility index (Phi) is 4.45. The van der Waals surface area contributed by atoms with Gasteiger partial charge in [-0.15, -0.1) is 0 Å². The molecule has 1 fully saturated rings. The summed E-state index contributed by atoms with van der Waals surface area (Å²) in [6, 6.07) is 15.4. The van der Waals surface area contributed by atoms with E-state index in [0.29, 0.717) is 6.04 Å². The summed E-state index contributed by atoms with van der Waals surface area (Å²) in [5.74, 6) is 2.62. The predicted molar refractivity (Wildman–Crippen MR) is 86.1 cm³/mol. The van der Waals surface area contributed by atoms with Crippen LogP contribution < -0.4 is 5.32 Å². The fourth-order valence-corrected chi connectivity index (χ4v) is 3.76. The van der Waals surface area contributed by atoms with Crippen molar-refractivity contribution >= 4 is 0 Å². The zero-order valence-electron chi connectivity index (χ0n) is 13.0. The second kappa shape index (κ2) is 6.48. The minimum Gasteiger partial charge on any atom is -0.467 e. The summed E-state index contributed by atoms with van der Waals surface area (Å²) >= 11 is 0. The van der Waals surface area contributed by atoms with E-state index < -0.39 is 0 Å². The van der Waals surface area contributed by atoms with E-state index in [9.17, 15) is 0 Å². The van der Waals surface area contributed by atoms with E-state index in [-0.39, 0.29) is 6.04 Å². The first-order valence-corrected chi connectivity index (χ1v) is 8.06. The molecule has 0 radical (unpaired) electrons. The van der Waals surface area contributed by atoms with Gasteiger partial charge in [-0.05, 0) is 48.8 Å². The molecule has 112 valence electrons. The van der Waals surface area contributed by atoms with E-state index in [1.54, 1.807) is 6.26 Å². The largest absolute Gasteiger partial charge is 0.467 e. The first-order chi connectivity index (χ1) is 10.2. The highest BCUT2D eigenvalue weighted by molar-refractivity contribution is 5.26. The standard InChI is InChI=1S/C19H25NO/c1-14-11-15(2)13-17(12-14)20-19(18-9-6-10-21-18)16-7-4-3-5-8-16/h3-10,14-15,17,19-20H,11-13H2,1-2H3. The minimum atomic E-state index is 0.156. The average Bonchev–Trinajstić information content (AvgIpc) is 2.98. The zero-order chi connectivity index (χ0) is 14.7. The normalized spacial score (nSPS) is 27.4. The highest BCUT2D eigenvalue weighted by atomic mass is 16.3. The lowest BCUT2D eigenvalue weighted by atomic mass is 9.80. The molecule has 0 bridgehead atoms. The smallest absolute Gasteiger partial charge is 0.125 e. The number of nitrogens with one attached hydrogen (secondary N) is 1. The van der Waals surface area contributed by atoms with Gasteiger partial charge < -0.3 is 9.73 Å². The Morgan fingerprint density at radius 2 is 1.67 bits per heavy atom. The summed E-state index contributed by atoms with van der Waals surface area (Å²) in [4.78, 5) is 0. The second-order valence-corrected chi connectivity index (χ2v) is 6.64. The highest BCUT2D eigenvalue weighted by Gasteiger charge is 2.27. The molecule has 21 heavy (non-hydrogen) atoms. The van der Waals surface area contributed by atoms with Gasteiger partial charge in [0, 0.05) is 6.04 Å². The zero-order valence-corrected chi connectivity index (χ0v) is 13.0. The van der Waals surface area contributed by atoms with Gasteiger partial charge in [-0.3, -0.25) is 0 Å². The molecule has 0 amide bonds. The molecule has 0 saturated heterocycles. The molecule has 1 N–H and O–H groups in total. The maximum absolute atomic E-state index is 5.68. The van der Waals surface area contributed by atoms with Gasteiger partial charge in [0.1, 0.15) is 5.76 Å². The Balaban J connectivity index is 1.80. The van der Waals surface area contributed by atoms with Crippen LogP contribution in [0.4, 0.5) is 0 Å². The molecule has 2 heteroatoms. The maximum atomic E-state index is 5.68.